The molecule has 1 heteroatoms. The summed E-state index contributed by atoms with van der Waals surface area (Å²) in [5.74, 6) is 1.30. The average molecular weight is 127 g/mol. The summed E-state index contributed by atoms with van der Waals surface area (Å²) in [5.41, 5.74) is 1.13. The molecule has 0 bridgehead atoms. The molecule has 0 heterocycles. The third kappa shape index (κ3) is 4.22. The number of hydrogen-bond donors (Lipinski definition) is 1. The van der Waals surface area contributed by atoms with Crippen molar-refractivity contribution in [2.45, 2.75) is 26.7 Å². The van der Waals surface area contributed by atoms with Crippen LogP contribution in [-0.4, -0.2) is 11.7 Å². The predicted molar refractivity (Wildman–Crippen MR) is 40.1 cm³/mol. The Bertz CT molecular complexity index is 86.6. The van der Waals surface area contributed by atoms with Crippen LogP contribution in [0.3, 0.4) is 0 Å². The zero-order valence-electron chi connectivity index (χ0n) is 6.28. The van der Waals surface area contributed by atoms with Crippen molar-refractivity contribution in [3.8, 4) is 0 Å². The number of aliphatic hydroxyl groups is 1. The first-order chi connectivity index (χ1) is 4.18. The van der Waals surface area contributed by atoms with Gasteiger partial charge in [-0.25, -0.2) is 0 Å². The summed E-state index contributed by atoms with van der Waals surface area (Å²) in [4.78, 5) is 0. The summed E-state index contributed by atoms with van der Waals surface area (Å²) in [6, 6.07) is 0. The van der Waals surface area contributed by atoms with Crippen LogP contribution in [0.25, 0.3) is 0 Å². The maximum atomic E-state index is 8.45. The fraction of sp³-hybridized carbons (Fsp3) is 0.625. The molecule has 0 saturated heterocycles. The smallest absolute Gasteiger partial charge is 0.0431 e. The van der Waals surface area contributed by atoms with E-state index in [0.29, 0.717) is 0 Å². The summed E-state index contributed by atoms with van der Waals surface area (Å²) >= 11 is 0. The Morgan fingerprint density at radius 1 is 1.44 bits per heavy atom. The van der Waals surface area contributed by atoms with Gasteiger partial charge in [0.15, 0.2) is 0 Å². The van der Waals surface area contributed by atoms with Crippen molar-refractivity contribution >= 4 is 0 Å². The number of allylic oxidation sites excluding steroid dienone is 1. The maximum absolute atomic E-state index is 8.45. The summed E-state index contributed by atoms with van der Waals surface area (Å²) < 4.78 is 0. The fourth-order valence-electron chi connectivity index (χ4n) is 0.558. The van der Waals surface area contributed by atoms with E-state index in [1.165, 1.54) is 5.92 Å². The van der Waals surface area contributed by atoms with Crippen molar-refractivity contribution in [1.29, 1.82) is 0 Å². The molecule has 0 rings (SSSR count). The van der Waals surface area contributed by atoms with E-state index in [1.807, 2.05) is 6.92 Å². The van der Waals surface area contributed by atoms with E-state index in [-0.39, 0.29) is 6.61 Å². The Hall–Kier alpha value is -0.300. The van der Waals surface area contributed by atoms with Crippen LogP contribution in [0.1, 0.15) is 26.7 Å². The molecule has 0 amide bonds. The lowest BCUT2D eigenvalue weighted by molar-refractivity contribution is 0.286. The molecule has 0 atom stereocenters. The van der Waals surface area contributed by atoms with Gasteiger partial charge in [-0.05, 0) is 25.7 Å². The van der Waals surface area contributed by atoms with Crippen LogP contribution in [0.5, 0.6) is 0 Å². The van der Waals surface area contributed by atoms with Gasteiger partial charge in [-0.1, -0.05) is 19.1 Å². The van der Waals surface area contributed by atoms with E-state index in [9.17, 15) is 0 Å². The van der Waals surface area contributed by atoms with Gasteiger partial charge in [0.2, 0.25) is 0 Å². The van der Waals surface area contributed by atoms with Crippen LogP contribution in [-0.2, 0) is 0 Å². The van der Waals surface area contributed by atoms with Crippen LogP contribution in [0.2, 0.25) is 0 Å². The van der Waals surface area contributed by atoms with E-state index in [4.69, 9.17) is 5.11 Å². The van der Waals surface area contributed by atoms with Gasteiger partial charge in [0.1, 0.15) is 0 Å². The minimum Gasteiger partial charge on any atom is -0.396 e. The van der Waals surface area contributed by atoms with Crippen LogP contribution in [0, 0.1) is 5.92 Å². The third-order valence-corrected chi connectivity index (χ3v) is 1.44. The zero-order valence-corrected chi connectivity index (χ0v) is 6.28. The summed E-state index contributed by atoms with van der Waals surface area (Å²) in [6.45, 7) is 8.12. The molecular formula is C8H15O. The molecule has 1 N–H and O–H groups in total. The van der Waals surface area contributed by atoms with Crippen molar-refractivity contribution in [3.63, 3.8) is 0 Å². The number of hydrogen-bond acceptors (Lipinski definition) is 1. The van der Waals surface area contributed by atoms with Crippen molar-refractivity contribution in [2.24, 2.45) is 0 Å². The molecule has 0 aliphatic rings. The van der Waals surface area contributed by atoms with Crippen molar-refractivity contribution in [1.82, 2.24) is 0 Å². The van der Waals surface area contributed by atoms with Crippen molar-refractivity contribution in [3.05, 3.63) is 18.1 Å². The normalized spacial score (nSPS) is 10.2. The Morgan fingerprint density at radius 3 is 2.33 bits per heavy atom. The van der Waals surface area contributed by atoms with E-state index in [1.54, 1.807) is 0 Å². The Balaban J connectivity index is 3.27. The first-order valence-electron chi connectivity index (χ1n) is 3.27. The van der Waals surface area contributed by atoms with Crippen LogP contribution < -0.4 is 0 Å². The van der Waals surface area contributed by atoms with Crippen LogP contribution >= 0.6 is 0 Å². The number of rotatable bonds is 4. The Labute approximate surface area is 57.4 Å². The molecule has 0 aromatic carbocycles. The highest BCUT2D eigenvalue weighted by molar-refractivity contribution is 5.14. The second-order valence-electron chi connectivity index (χ2n) is 2.39. The molecule has 1 radical (unpaired) electrons. The topological polar surface area (TPSA) is 20.2 Å². The standard InChI is InChI=1S/C8H15O/c1-7(2)8(3)5-4-6-9/h9H,1,4-6H2,2-3H3. The highest BCUT2D eigenvalue weighted by Crippen LogP contribution is 2.15. The summed E-state index contributed by atoms with van der Waals surface area (Å²) in [7, 11) is 0. The van der Waals surface area contributed by atoms with Crippen molar-refractivity contribution < 1.29 is 5.11 Å². The monoisotopic (exact) mass is 127 g/mol. The first-order valence-corrected chi connectivity index (χ1v) is 3.27. The molecule has 0 aromatic heterocycles. The molecule has 0 saturated carbocycles. The second kappa shape index (κ2) is 4.57. The first kappa shape index (κ1) is 8.70. The van der Waals surface area contributed by atoms with Crippen LogP contribution in [0.4, 0.5) is 0 Å². The minimum atomic E-state index is 0.282. The zero-order chi connectivity index (χ0) is 7.28. The van der Waals surface area contributed by atoms with Gasteiger partial charge in [-0.3, -0.25) is 0 Å². The van der Waals surface area contributed by atoms with Gasteiger partial charge in [-0.2, -0.15) is 0 Å². The van der Waals surface area contributed by atoms with Crippen molar-refractivity contribution in [2.75, 3.05) is 6.61 Å². The quantitative estimate of drug-likeness (QED) is 0.611. The highest BCUT2D eigenvalue weighted by Gasteiger charge is 2.00. The Morgan fingerprint density at radius 2 is 2.00 bits per heavy atom. The maximum Gasteiger partial charge on any atom is 0.0431 e. The van der Waals surface area contributed by atoms with Crippen LogP contribution in [0.15, 0.2) is 12.2 Å². The van der Waals surface area contributed by atoms with Gasteiger partial charge < -0.3 is 5.11 Å². The van der Waals surface area contributed by atoms with Gasteiger partial charge in [-0.15, -0.1) is 0 Å². The predicted octanol–water partition coefficient (Wildman–Crippen LogP) is 1.93. The highest BCUT2D eigenvalue weighted by atomic mass is 16.2. The Kier molecular flexibility index (Phi) is 4.41. The van der Waals surface area contributed by atoms with E-state index in [0.717, 1.165) is 18.4 Å². The molecular weight excluding hydrogens is 112 g/mol. The lowest BCUT2D eigenvalue weighted by Crippen LogP contribution is -1.93. The third-order valence-electron chi connectivity index (χ3n) is 1.44. The molecule has 53 valence electrons. The van der Waals surface area contributed by atoms with Gasteiger partial charge in [0.05, 0.1) is 0 Å². The summed E-state index contributed by atoms with van der Waals surface area (Å²) in [5, 5.41) is 8.45. The minimum absolute atomic E-state index is 0.282. The van der Waals surface area contributed by atoms with Gasteiger partial charge in [0.25, 0.3) is 0 Å². The second-order valence-corrected chi connectivity index (χ2v) is 2.39. The fourth-order valence-corrected chi connectivity index (χ4v) is 0.558. The molecule has 0 spiro atoms. The largest absolute Gasteiger partial charge is 0.396 e. The van der Waals surface area contributed by atoms with E-state index >= 15 is 0 Å². The lowest BCUT2D eigenvalue weighted by atomic mass is 9.99. The molecule has 9 heavy (non-hydrogen) atoms. The average Bonchev–Trinajstić information content (AvgIpc) is 1.82. The number of aliphatic hydroxyl groups excluding tert-OH is 1. The SMILES string of the molecule is C=C(C)[C](C)CCCO. The molecule has 0 fully saturated rings. The van der Waals surface area contributed by atoms with E-state index < -0.39 is 0 Å². The molecule has 0 aliphatic carbocycles. The molecule has 0 unspecified atom stereocenters. The molecule has 1 nitrogen and oxygen atoms in total. The molecule has 0 aliphatic heterocycles. The lowest BCUT2D eigenvalue weighted by Gasteiger charge is -2.07. The molecule has 0 aromatic rings. The van der Waals surface area contributed by atoms with E-state index in [2.05, 4.69) is 13.5 Å². The summed E-state index contributed by atoms with van der Waals surface area (Å²) in [6.07, 6.45) is 1.84. The van der Waals surface area contributed by atoms with Gasteiger partial charge in [0, 0.05) is 6.61 Å². The van der Waals surface area contributed by atoms with Gasteiger partial charge >= 0.3 is 0 Å².